The maximum atomic E-state index is 13.7. The summed E-state index contributed by atoms with van der Waals surface area (Å²) >= 11 is 0. The number of aryl methyl sites for hydroxylation is 1. The number of ether oxygens (including phenoxy) is 1. The van der Waals surface area contributed by atoms with Gasteiger partial charge in [0.25, 0.3) is 5.91 Å². The lowest BCUT2D eigenvalue weighted by atomic mass is 9.98. The van der Waals surface area contributed by atoms with Crippen molar-refractivity contribution in [1.82, 2.24) is 15.1 Å². The molecule has 2 atom stereocenters. The molecule has 2 aromatic carbocycles. The minimum absolute atomic E-state index is 0.0302. The number of rotatable bonds is 11. The molecule has 3 heterocycles. The van der Waals surface area contributed by atoms with E-state index in [0.29, 0.717) is 25.1 Å². The Morgan fingerprint density at radius 3 is 2.79 bits per heavy atom. The summed E-state index contributed by atoms with van der Waals surface area (Å²) in [4.78, 5) is 40.9. The number of carbonyl (C=O) groups is 3. The SMILES string of the molecule is CCN(CCCCCc1cccc2c1CN(C1CCC(=O)NC1=O)C2=O)CC[C@H]1OCc2ccc(F)cc21. The van der Waals surface area contributed by atoms with E-state index in [0.717, 1.165) is 68.4 Å². The summed E-state index contributed by atoms with van der Waals surface area (Å²) in [6, 6.07) is 10.2. The van der Waals surface area contributed by atoms with Crippen molar-refractivity contribution in [2.24, 2.45) is 0 Å². The highest BCUT2D eigenvalue weighted by Crippen LogP contribution is 2.34. The van der Waals surface area contributed by atoms with E-state index in [9.17, 15) is 18.8 Å². The average Bonchev–Trinajstić information content (AvgIpc) is 3.46. The highest BCUT2D eigenvalue weighted by atomic mass is 19.1. The zero-order valence-corrected chi connectivity index (χ0v) is 22.0. The molecule has 1 fully saturated rings. The van der Waals surface area contributed by atoms with Gasteiger partial charge in [0.2, 0.25) is 11.8 Å². The molecule has 38 heavy (non-hydrogen) atoms. The van der Waals surface area contributed by atoms with E-state index in [1.807, 2.05) is 18.2 Å². The monoisotopic (exact) mass is 521 g/mol. The second-order valence-corrected chi connectivity index (χ2v) is 10.5. The van der Waals surface area contributed by atoms with Crippen LogP contribution in [0.5, 0.6) is 0 Å². The third-order valence-electron chi connectivity index (χ3n) is 8.15. The lowest BCUT2D eigenvalue weighted by molar-refractivity contribution is -0.136. The van der Waals surface area contributed by atoms with E-state index in [-0.39, 0.29) is 36.1 Å². The first-order valence-electron chi connectivity index (χ1n) is 13.8. The molecule has 0 aliphatic carbocycles. The summed E-state index contributed by atoms with van der Waals surface area (Å²) in [6.45, 7) is 6.05. The molecule has 2 aromatic rings. The van der Waals surface area contributed by atoms with E-state index in [2.05, 4.69) is 23.2 Å². The second kappa shape index (κ2) is 11.7. The van der Waals surface area contributed by atoms with Gasteiger partial charge in [-0.15, -0.1) is 0 Å². The van der Waals surface area contributed by atoms with E-state index < -0.39 is 6.04 Å². The predicted octanol–water partition coefficient (Wildman–Crippen LogP) is 4.28. The quantitative estimate of drug-likeness (QED) is 0.353. The molecule has 3 amide bonds. The fraction of sp³-hybridized carbons (Fsp3) is 0.500. The third-order valence-corrected chi connectivity index (χ3v) is 8.15. The Hall–Kier alpha value is -3.10. The fourth-order valence-electron chi connectivity index (χ4n) is 5.96. The second-order valence-electron chi connectivity index (χ2n) is 10.5. The van der Waals surface area contributed by atoms with Gasteiger partial charge in [-0.25, -0.2) is 4.39 Å². The molecule has 202 valence electrons. The van der Waals surface area contributed by atoms with Gasteiger partial charge < -0.3 is 14.5 Å². The number of hydrogen-bond donors (Lipinski definition) is 1. The summed E-state index contributed by atoms with van der Waals surface area (Å²) in [5.74, 6) is -0.971. The molecule has 0 saturated carbocycles. The number of piperidine rings is 1. The lowest BCUT2D eigenvalue weighted by Crippen LogP contribution is -2.52. The number of fused-ring (bicyclic) bond motifs is 2. The summed E-state index contributed by atoms with van der Waals surface area (Å²) in [5, 5.41) is 2.36. The van der Waals surface area contributed by atoms with Crippen LogP contribution in [0, 0.1) is 5.82 Å². The summed E-state index contributed by atoms with van der Waals surface area (Å²) in [6.07, 6.45) is 5.56. The van der Waals surface area contributed by atoms with Gasteiger partial charge in [0, 0.05) is 25.1 Å². The smallest absolute Gasteiger partial charge is 0.255 e. The predicted molar refractivity (Wildman–Crippen MR) is 141 cm³/mol. The number of unbranched alkanes of at least 4 members (excludes halogenated alkanes) is 2. The van der Waals surface area contributed by atoms with Crippen molar-refractivity contribution in [3.05, 3.63) is 70.0 Å². The van der Waals surface area contributed by atoms with Gasteiger partial charge >= 0.3 is 0 Å². The number of benzene rings is 2. The van der Waals surface area contributed by atoms with Crippen molar-refractivity contribution in [2.75, 3.05) is 19.6 Å². The molecule has 1 N–H and O–H groups in total. The third kappa shape index (κ3) is 5.66. The normalized spacial score (nSPS) is 20.7. The number of halogens is 1. The van der Waals surface area contributed by atoms with Crippen molar-refractivity contribution in [3.8, 4) is 0 Å². The van der Waals surface area contributed by atoms with Crippen molar-refractivity contribution in [3.63, 3.8) is 0 Å². The van der Waals surface area contributed by atoms with Crippen LogP contribution in [0.15, 0.2) is 36.4 Å². The number of nitrogens with one attached hydrogen (secondary N) is 1. The maximum absolute atomic E-state index is 13.7. The number of amides is 3. The number of imide groups is 1. The Balaban J connectivity index is 1.08. The van der Waals surface area contributed by atoms with Gasteiger partial charge in [0.05, 0.1) is 12.7 Å². The molecular weight excluding hydrogens is 485 g/mol. The summed E-state index contributed by atoms with van der Waals surface area (Å²) in [5.41, 5.74) is 4.95. The van der Waals surface area contributed by atoms with Crippen molar-refractivity contribution in [1.29, 1.82) is 0 Å². The van der Waals surface area contributed by atoms with Crippen molar-refractivity contribution >= 4 is 17.7 Å². The van der Waals surface area contributed by atoms with E-state index in [1.54, 1.807) is 11.0 Å². The molecule has 1 unspecified atom stereocenters. The molecule has 1 saturated heterocycles. The maximum Gasteiger partial charge on any atom is 0.255 e. The first-order chi connectivity index (χ1) is 18.4. The Morgan fingerprint density at radius 1 is 1.11 bits per heavy atom. The van der Waals surface area contributed by atoms with E-state index in [4.69, 9.17) is 4.74 Å². The number of carbonyl (C=O) groups excluding carboxylic acids is 3. The Bertz CT molecular complexity index is 1220. The van der Waals surface area contributed by atoms with Crippen molar-refractivity contribution in [2.45, 2.75) is 77.2 Å². The standard InChI is InChI=1S/C30H36FN3O4/c1-2-33(16-14-27-24-17-22(31)11-10-21(24)19-38-27)15-5-3-4-7-20-8-6-9-23-25(20)18-34(30(23)37)26-12-13-28(35)32-29(26)36/h6,8-11,17,26-27H,2-5,7,12-16,18-19H2,1H3,(H,32,35,36)/t26?,27-/m1/s1. The molecule has 3 aliphatic rings. The molecule has 8 heteroatoms. The topological polar surface area (TPSA) is 79.0 Å². The van der Waals surface area contributed by atoms with Crippen LogP contribution < -0.4 is 5.32 Å². The molecule has 7 nitrogen and oxygen atoms in total. The molecule has 0 aromatic heterocycles. The van der Waals surface area contributed by atoms with Crippen LogP contribution >= 0.6 is 0 Å². The summed E-state index contributed by atoms with van der Waals surface area (Å²) in [7, 11) is 0. The van der Waals surface area contributed by atoms with E-state index >= 15 is 0 Å². The molecule has 0 spiro atoms. The van der Waals surface area contributed by atoms with Gasteiger partial charge in [-0.2, -0.15) is 0 Å². The molecule has 5 rings (SSSR count). The number of nitrogens with zero attached hydrogens (tertiary/aromatic N) is 2. The Morgan fingerprint density at radius 2 is 1.97 bits per heavy atom. The van der Waals surface area contributed by atoms with Crippen LogP contribution in [-0.4, -0.2) is 53.2 Å². The van der Waals surface area contributed by atoms with Gasteiger partial charge in [-0.05, 0) is 85.6 Å². The van der Waals surface area contributed by atoms with E-state index in [1.165, 1.54) is 11.6 Å². The molecule has 0 bridgehead atoms. The van der Waals surface area contributed by atoms with Crippen LogP contribution in [0.2, 0.25) is 0 Å². The lowest BCUT2D eigenvalue weighted by Gasteiger charge is -2.29. The first kappa shape index (κ1) is 26.5. The highest BCUT2D eigenvalue weighted by Gasteiger charge is 2.39. The van der Waals surface area contributed by atoms with Crippen LogP contribution in [0.4, 0.5) is 4.39 Å². The summed E-state index contributed by atoms with van der Waals surface area (Å²) < 4.78 is 19.6. The molecule has 0 radical (unpaired) electrons. The minimum Gasteiger partial charge on any atom is -0.369 e. The van der Waals surface area contributed by atoms with Gasteiger partial charge in [-0.3, -0.25) is 19.7 Å². The first-order valence-corrected chi connectivity index (χ1v) is 13.8. The molecular formula is C30H36FN3O4. The van der Waals surface area contributed by atoms with Crippen LogP contribution in [-0.2, 0) is 33.9 Å². The number of hydrogen-bond acceptors (Lipinski definition) is 5. The molecule has 3 aliphatic heterocycles. The highest BCUT2D eigenvalue weighted by molar-refractivity contribution is 6.05. The zero-order valence-electron chi connectivity index (χ0n) is 22.0. The van der Waals surface area contributed by atoms with Crippen LogP contribution in [0.3, 0.4) is 0 Å². The van der Waals surface area contributed by atoms with Crippen molar-refractivity contribution < 1.29 is 23.5 Å². The Labute approximate surface area is 223 Å². The van der Waals surface area contributed by atoms with Crippen LogP contribution in [0.25, 0.3) is 0 Å². The van der Waals surface area contributed by atoms with Gasteiger partial charge in [0.1, 0.15) is 11.9 Å². The Kier molecular flexibility index (Phi) is 8.19. The van der Waals surface area contributed by atoms with Gasteiger partial charge in [-0.1, -0.05) is 31.5 Å². The average molecular weight is 522 g/mol. The zero-order chi connectivity index (χ0) is 26.6. The largest absolute Gasteiger partial charge is 0.369 e. The van der Waals surface area contributed by atoms with Crippen LogP contribution in [0.1, 0.15) is 84.2 Å². The minimum atomic E-state index is -0.581. The van der Waals surface area contributed by atoms with Gasteiger partial charge in [0.15, 0.2) is 0 Å². The fourth-order valence-corrected chi connectivity index (χ4v) is 5.96.